The number of aryl methyl sites for hydroxylation is 3. The molecule has 0 saturated heterocycles. The Balaban J connectivity index is 1.92. The summed E-state index contributed by atoms with van der Waals surface area (Å²) in [7, 11) is 0. The van der Waals surface area contributed by atoms with Crippen LogP contribution >= 0.6 is 0 Å². The van der Waals surface area contributed by atoms with Crippen LogP contribution in [-0.4, -0.2) is 5.97 Å². The second kappa shape index (κ2) is 6.32. The number of rotatable bonds is 3. The fraction of sp³-hybridized carbons (Fsp3) is 0.200. The zero-order chi connectivity index (χ0) is 17.3. The third-order valence-corrected chi connectivity index (χ3v) is 4.13. The summed E-state index contributed by atoms with van der Waals surface area (Å²) in [4.78, 5) is 24.0. The minimum atomic E-state index is -0.446. The second-order valence-corrected chi connectivity index (χ2v) is 5.92. The number of hydrogen-bond donors (Lipinski definition) is 0. The number of carbonyl (C=O) groups is 1. The first-order valence-electron chi connectivity index (χ1n) is 7.72. The van der Waals surface area contributed by atoms with Crippen molar-refractivity contribution in [2.45, 2.75) is 27.4 Å². The van der Waals surface area contributed by atoms with Gasteiger partial charge < -0.3 is 9.15 Å². The van der Waals surface area contributed by atoms with Crippen LogP contribution in [0.3, 0.4) is 0 Å². The Morgan fingerprint density at radius 1 is 1.08 bits per heavy atom. The summed E-state index contributed by atoms with van der Waals surface area (Å²) >= 11 is 0. The Hall–Kier alpha value is -2.88. The standard InChI is InChI=1S/C20H18O4/c1-12-5-4-6-15(9-12)20(22)23-11-16-10-18(21)24-19-14(3)13(2)7-8-17(16)19/h4-10H,11H2,1-3H3. The van der Waals surface area contributed by atoms with Crippen molar-refractivity contribution in [3.63, 3.8) is 0 Å². The first kappa shape index (κ1) is 16.0. The summed E-state index contributed by atoms with van der Waals surface area (Å²) in [5.74, 6) is -0.413. The number of hydrogen-bond acceptors (Lipinski definition) is 4. The molecule has 0 unspecified atom stereocenters. The quantitative estimate of drug-likeness (QED) is 0.538. The van der Waals surface area contributed by atoms with Crippen molar-refractivity contribution in [1.82, 2.24) is 0 Å². The van der Waals surface area contributed by atoms with Gasteiger partial charge in [-0.05, 0) is 44.0 Å². The zero-order valence-corrected chi connectivity index (χ0v) is 13.9. The van der Waals surface area contributed by atoms with Crippen LogP contribution in [0.2, 0.25) is 0 Å². The van der Waals surface area contributed by atoms with Crippen LogP contribution in [-0.2, 0) is 11.3 Å². The Kier molecular flexibility index (Phi) is 4.21. The number of fused-ring (bicyclic) bond motifs is 1. The van der Waals surface area contributed by atoms with E-state index in [-0.39, 0.29) is 6.61 Å². The normalized spacial score (nSPS) is 10.8. The van der Waals surface area contributed by atoms with Gasteiger partial charge in [-0.2, -0.15) is 0 Å². The largest absolute Gasteiger partial charge is 0.457 e. The van der Waals surface area contributed by atoms with E-state index < -0.39 is 11.6 Å². The summed E-state index contributed by atoms with van der Waals surface area (Å²) in [5, 5.41) is 0.787. The van der Waals surface area contributed by atoms with Crippen molar-refractivity contribution >= 4 is 16.9 Å². The molecule has 0 bridgehead atoms. The Labute approximate surface area is 139 Å². The molecule has 122 valence electrons. The van der Waals surface area contributed by atoms with E-state index in [1.54, 1.807) is 12.1 Å². The van der Waals surface area contributed by atoms with E-state index in [2.05, 4.69) is 0 Å². The number of esters is 1. The van der Waals surface area contributed by atoms with E-state index in [4.69, 9.17) is 9.15 Å². The molecule has 3 aromatic rings. The van der Waals surface area contributed by atoms with Crippen LogP contribution in [0.5, 0.6) is 0 Å². The lowest BCUT2D eigenvalue weighted by Crippen LogP contribution is -2.08. The van der Waals surface area contributed by atoms with Crippen molar-refractivity contribution in [3.05, 3.63) is 80.7 Å². The van der Waals surface area contributed by atoms with Crippen LogP contribution in [0.1, 0.15) is 32.6 Å². The van der Waals surface area contributed by atoms with E-state index >= 15 is 0 Å². The third-order valence-electron chi connectivity index (χ3n) is 4.13. The highest BCUT2D eigenvalue weighted by atomic mass is 16.5. The molecular formula is C20H18O4. The molecule has 0 aliphatic heterocycles. The van der Waals surface area contributed by atoms with Crippen LogP contribution in [0.25, 0.3) is 11.0 Å². The molecule has 4 heteroatoms. The Morgan fingerprint density at radius 3 is 2.62 bits per heavy atom. The highest BCUT2D eigenvalue weighted by Gasteiger charge is 2.12. The lowest BCUT2D eigenvalue weighted by atomic mass is 10.0. The molecule has 0 N–H and O–H groups in total. The fourth-order valence-corrected chi connectivity index (χ4v) is 2.64. The van der Waals surface area contributed by atoms with E-state index in [9.17, 15) is 9.59 Å². The van der Waals surface area contributed by atoms with E-state index in [0.717, 1.165) is 22.1 Å². The smallest absolute Gasteiger partial charge is 0.338 e. The van der Waals surface area contributed by atoms with E-state index in [1.807, 2.05) is 45.0 Å². The second-order valence-electron chi connectivity index (χ2n) is 5.92. The highest BCUT2D eigenvalue weighted by Crippen LogP contribution is 2.24. The molecule has 0 saturated carbocycles. The van der Waals surface area contributed by atoms with Gasteiger partial charge in [0.25, 0.3) is 0 Å². The van der Waals surface area contributed by atoms with Crippen LogP contribution < -0.4 is 5.63 Å². The molecule has 0 spiro atoms. The van der Waals surface area contributed by atoms with Gasteiger partial charge in [-0.15, -0.1) is 0 Å². The van der Waals surface area contributed by atoms with Crippen molar-refractivity contribution in [3.8, 4) is 0 Å². The van der Waals surface area contributed by atoms with Gasteiger partial charge in [-0.1, -0.05) is 29.8 Å². The van der Waals surface area contributed by atoms with Crippen molar-refractivity contribution in [1.29, 1.82) is 0 Å². The van der Waals surface area contributed by atoms with Gasteiger partial charge in [-0.3, -0.25) is 0 Å². The predicted octanol–water partition coefficient (Wildman–Crippen LogP) is 4.08. The Bertz CT molecular complexity index is 983. The molecule has 0 radical (unpaired) electrons. The lowest BCUT2D eigenvalue weighted by Gasteiger charge is -2.10. The maximum atomic E-state index is 12.2. The predicted molar refractivity (Wildman–Crippen MR) is 92.3 cm³/mol. The third kappa shape index (κ3) is 3.08. The number of ether oxygens (including phenoxy) is 1. The average Bonchev–Trinajstić information content (AvgIpc) is 2.56. The average molecular weight is 322 g/mol. The molecule has 0 fully saturated rings. The van der Waals surface area contributed by atoms with Gasteiger partial charge in [0.1, 0.15) is 12.2 Å². The molecule has 1 heterocycles. The first-order chi connectivity index (χ1) is 11.5. The van der Waals surface area contributed by atoms with Crippen LogP contribution in [0.15, 0.2) is 51.7 Å². The van der Waals surface area contributed by atoms with Gasteiger partial charge in [0, 0.05) is 17.0 Å². The van der Waals surface area contributed by atoms with Gasteiger partial charge in [0.05, 0.1) is 5.56 Å². The number of carbonyl (C=O) groups excluding carboxylic acids is 1. The van der Waals surface area contributed by atoms with E-state index in [1.165, 1.54) is 6.07 Å². The monoisotopic (exact) mass is 322 g/mol. The Morgan fingerprint density at radius 2 is 1.88 bits per heavy atom. The summed E-state index contributed by atoms with van der Waals surface area (Å²) in [6.45, 7) is 5.80. The molecule has 3 rings (SSSR count). The first-order valence-corrected chi connectivity index (χ1v) is 7.72. The minimum absolute atomic E-state index is 0.0252. The molecule has 1 aromatic heterocycles. The van der Waals surface area contributed by atoms with Gasteiger partial charge >= 0.3 is 11.6 Å². The summed E-state index contributed by atoms with van der Waals surface area (Å²) < 4.78 is 10.7. The van der Waals surface area contributed by atoms with Gasteiger partial charge in [0.2, 0.25) is 0 Å². The highest BCUT2D eigenvalue weighted by molar-refractivity contribution is 5.90. The summed E-state index contributed by atoms with van der Waals surface area (Å²) in [6, 6.07) is 12.4. The van der Waals surface area contributed by atoms with Gasteiger partial charge in [-0.25, -0.2) is 9.59 Å². The molecule has 0 aliphatic carbocycles. The van der Waals surface area contributed by atoms with Crippen LogP contribution in [0.4, 0.5) is 0 Å². The lowest BCUT2D eigenvalue weighted by molar-refractivity contribution is 0.0473. The van der Waals surface area contributed by atoms with E-state index in [0.29, 0.717) is 16.7 Å². The zero-order valence-electron chi connectivity index (χ0n) is 13.9. The maximum absolute atomic E-state index is 12.2. The van der Waals surface area contributed by atoms with Crippen molar-refractivity contribution < 1.29 is 13.9 Å². The SMILES string of the molecule is Cc1cccc(C(=O)OCc2cc(=O)oc3c(C)c(C)ccc23)c1. The summed E-state index contributed by atoms with van der Waals surface area (Å²) in [5.41, 5.74) is 4.18. The number of benzene rings is 2. The minimum Gasteiger partial charge on any atom is -0.457 e. The molecular weight excluding hydrogens is 304 g/mol. The topological polar surface area (TPSA) is 56.5 Å². The summed E-state index contributed by atoms with van der Waals surface area (Å²) in [6.07, 6.45) is 0. The molecule has 2 aromatic carbocycles. The molecule has 24 heavy (non-hydrogen) atoms. The van der Waals surface area contributed by atoms with Crippen molar-refractivity contribution in [2.75, 3.05) is 0 Å². The molecule has 0 aliphatic rings. The molecule has 0 amide bonds. The molecule has 4 nitrogen and oxygen atoms in total. The van der Waals surface area contributed by atoms with Crippen LogP contribution in [0, 0.1) is 20.8 Å². The maximum Gasteiger partial charge on any atom is 0.338 e. The fourth-order valence-electron chi connectivity index (χ4n) is 2.64. The van der Waals surface area contributed by atoms with Crippen molar-refractivity contribution in [2.24, 2.45) is 0 Å². The van der Waals surface area contributed by atoms with Gasteiger partial charge in [0.15, 0.2) is 0 Å². The molecule has 0 atom stereocenters.